The first-order valence-corrected chi connectivity index (χ1v) is 10.6. The van der Waals surface area contributed by atoms with Gasteiger partial charge in [0.25, 0.3) is 0 Å². The van der Waals surface area contributed by atoms with Crippen LogP contribution in [0.4, 0.5) is 0 Å². The molecule has 3 nitrogen and oxygen atoms in total. The molecule has 0 aliphatic heterocycles. The predicted octanol–water partition coefficient (Wildman–Crippen LogP) is 6.89. The van der Waals surface area contributed by atoms with Crippen LogP contribution in [0.2, 0.25) is 0 Å². The number of ether oxygens (including phenoxy) is 2. The smallest absolute Gasteiger partial charge is 0.308 e. The van der Waals surface area contributed by atoms with Gasteiger partial charge in [-0.3, -0.25) is 4.79 Å². The zero-order valence-electron chi connectivity index (χ0n) is 17.6. The zero-order valence-corrected chi connectivity index (χ0v) is 17.6. The molecule has 0 fully saturated rings. The van der Waals surface area contributed by atoms with Crippen LogP contribution in [0.5, 0.6) is 11.5 Å². The van der Waals surface area contributed by atoms with Crippen molar-refractivity contribution in [3.63, 3.8) is 0 Å². The summed E-state index contributed by atoms with van der Waals surface area (Å²) in [4.78, 5) is 11.1. The summed E-state index contributed by atoms with van der Waals surface area (Å²) in [6, 6.07) is 16.3. The van der Waals surface area contributed by atoms with Gasteiger partial charge in [-0.1, -0.05) is 76.1 Å². The number of methoxy groups -OCH3 is 1. The van der Waals surface area contributed by atoms with Crippen molar-refractivity contribution in [1.29, 1.82) is 0 Å². The number of benzene rings is 2. The fraction of sp³-hybridized carbons (Fsp3) is 0.480. The molecule has 0 radical (unpaired) electrons. The Kier molecular flexibility index (Phi) is 9.61. The largest absolute Gasteiger partial charge is 0.497 e. The highest BCUT2D eigenvalue weighted by molar-refractivity contribution is 5.69. The Morgan fingerprint density at radius 3 is 1.79 bits per heavy atom. The minimum atomic E-state index is -0.289. The Hall–Kier alpha value is -2.29. The number of hydrogen-bond donors (Lipinski definition) is 0. The van der Waals surface area contributed by atoms with E-state index in [2.05, 4.69) is 31.2 Å². The number of unbranched alkanes of at least 4 members (excludes halogenated alkanes) is 6. The lowest BCUT2D eigenvalue weighted by molar-refractivity contribution is -0.131. The molecule has 0 spiro atoms. The number of carbonyl (C=O) groups excluding carboxylic acids is 1. The normalized spacial score (nSPS) is 11.8. The summed E-state index contributed by atoms with van der Waals surface area (Å²) in [6.45, 7) is 3.68. The second-order valence-electron chi connectivity index (χ2n) is 7.40. The molecule has 0 bridgehead atoms. The Balaban J connectivity index is 2.04. The number of carbonyl (C=O) groups is 1. The van der Waals surface area contributed by atoms with E-state index in [9.17, 15) is 4.79 Å². The molecule has 1 unspecified atom stereocenters. The summed E-state index contributed by atoms with van der Waals surface area (Å²) >= 11 is 0. The van der Waals surface area contributed by atoms with Crippen molar-refractivity contribution >= 4 is 5.97 Å². The van der Waals surface area contributed by atoms with Crippen molar-refractivity contribution in [2.75, 3.05) is 7.11 Å². The summed E-state index contributed by atoms with van der Waals surface area (Å²) in [6.07, 6.45) is 10.3. The zero-order chi connectivity index (χ0) is 20.2. The molecule has 0 aromatic heterocycles. The van der Waals surface area contributed by atoms with Gasteiger partial charge in [-0.05, 0) is 41.8 Å². The standard InChI is InChI=1S/C25H34O3/c1-4-5-6-7-8-9-10-11-25(21-12-16-23(27-3)17-13-21)22-14-18-24(19-15-22)28-20(2)26/h12-19,25H,4-11H2,1-3H3. The van der Waals surface area contributed by atoms with Gasteiger partial charge in [0, 0.05) is 12.8 Å². The summed E-state index contributed by atoms with van der Waals surface area (Å²) < 4.78 is 10.5. The third kappa shape index (κ3) is 7.38. The number of esters is 1. The van der Waals surface area contributed by atoms with Crippen molar-refractivity contribution in [2.45, 2.75) is 71.1 Å². The predicted molar refractivity (Wildman–Crippen MR) is 115 cm³/mol. The third-order valence-electron chi connectivity index (χ3n) is 5.16. The van der Waals surface area contributed by atoms with Gasteiger partial charge in [0.1, 0.15) is 11.5 Å². The van der Waals surface area contributed by atoms with E-state index in [0.717, 1.165) is 12.2 Å². The lowest BCUT2D eigenvalue weighted by Crippen LogP contribution is -2.04. The van der Waals surface area contributed by atoms with Crippen molar-refractivity contribution in [3.05, 3.63) is 59.7 Å². The van der Waals surface area contributed by atoms with Crippen molar-refractivity contribution < 1.29 is 14.3 Å². The number of rotatable bonds is 12. The molecule has 0 amide bonds. The van der Waals surface area contributed by atoms with Crippen LogP contribution in [0.15, 0.2) is 48.5 Å². The minimum Gasteiger partial charge on any atom is -0.497 e. The van der Waals surface area contributed by atoms with Gasteiger partial charge in [-0.2, -0.15) is 0 Å². The van der Waals surface area contributed by atoms with Gasteiger partial charge in [-0.25, -0.2) is 0 Å². The Morgan fingerprint density at radius 2 is 1.29 bits per heavy atom. The van der Waals surface area contributed by atoms with Crippen molar-refractivity contribution in [2.24, 2.45) is 0 Å². The highest BCUT2D eigenvalue weighted by Gasteiger charge is 2.15. The Morgan fingerprint density at radius 1 is 0.786 bits per heavy atom. The third-order valence-corrected chi connectivity index (χ3v) is 5.16. The highest BCUT2D eigenvalue weighted by atomic mass is 16.5. The molecule has 2 rings (SSSR count). The Labute approximate surface area is 170 Å². The molecule has 0 saturated carbocycles. The van der Waals surface area contributed by atoms with E-state index in [4.69, 9.17) is 9.47 Å². The van der Waals surface area contributed by atoms with Crippen LogP contribution in [0, 0.1) is 0 Å². The van der Waals surface area contributed by atoms with Gasteiger partial charge >= 0.3 is 5.97 Å². The minimum absolute atomic E-state index is 0.289. The van der Waals surface area contributed by atoms with Gasteiger partial charge in [0.2, 0.25) is 0 Å². The summed E-state index contributed by atoms with van der Waals surface area (Å²) in [5.74, 6) is 1.53. The van der Waals surface area contributed by atoms with Gasteiger partial charge in [-0.15, -0.1) is 0 Å². The Bertz CT molecular complexity index is 689. The molecule has 0 aliphatic carbocycles. The topological polar surface area (TPSA) is 35.5 Å². The van der Waals surface area contributed by atoms with Crippen LogP contribution < -0.4 is 9.47 Å². The molecule has 0 heterocycles. The lowest BCUT2D eigenvalue weighted by Gasteiger charge is -2.19. The molecule has 0 N–H and O–H groups in total. The molecule has 3 heteroatoms. The molecule has 1 atom stereocenters. The molecule has 152 valence electrons. The maximum atomic E-state index is 11.1. The van der Waals surface area contributed by atoms with Crippen molar-refractivity contribution in [3.8, 4) is 11.5 Å². The molecular weight excluding hydrogens is 348 g/mol. The summed E-state index contributed by atoms with van der Waals surface area (Å²) in [5.41, 5.74) is 2.55. The molecule has 2 aromatic carbocycles. The first kappa shape index (κ1) is 22.0. The maximum Gasteiger partial charge on any atom is 0.308 e. The molecule has 28 heavy (non-hydrogen) atoms. The van der Waals surface area contributed by atoms with E-state index in [0.29, 0.717) is 11.7 Å². The quantitative estimate of drug-likeness (QED) is 0.228. The monoisotopic (exact) mass is 382 g/mol. The van der Waals surface area contributed by atoms with E-state index < -0.39 is 0 Å². The summed E-state index contributed by atoms with van der Waals surface area (Å²) in [7, 11) is 1.69. The van der Waals surface area contributed by atoms with Crippen LogP contribution in [-0.2, 0) is 4.79 Å². The molecular formula is C25H34O3. The average Bonchev–Trinajstić information content (AvgIpc) is 2.71. The van der Waals surface area contributed by atoms with E-state index in [1.165, 1.54) is 63.0 Å². The van der Waals surface area contributed by atoms with E-state index in [1.54, 1.807) is 7.11 Å². The van der Waals surface area contributed by atoms with Gasteiger partial charge in [0.05, 0.1) is 7.11 Å². The van der Waals surface area contributed by atoms with Crippen LogP contribution in [-0.4, -0.2) is 13.1 Å². The fourth-order valence-electron chi connectivity index (χ4n) is 3.60. The SMILES string of the molecule is CCCCCCCCCC(c1ccc(OC)cc1)c1ccc(OC(C)=O)cc1. The van der Waals surface area contributed by atoms with Crippen LogP contribution in [0.3, 0.4) is 0 Å². The van der Waals surface area contributed by atoms with Crippen LogP contribution in [0.1, 0.15) is 82.3 Å². The van der Waals surface area contributed by atoms with Crippen molar-refractivity contribution in [1.82, 2.24) is 0 Å². The van der Waals surface area contributed by atoms with Gasteiger partial charge in [0.15, 0.2) is 0 Å². The highest BCUT2D eigenvalue weighted by Crippen LogP contribution is 2.32. The van der Waals surface area contributed by atoms with Crippen LogP contribution >= 0.6 is 0 Å². The van der Waals surface area contributed by atoms with E-state index in [-0.39, 0.29) is 5.97 Å². The number of hydrogen-bond acceptors (Lipinski definition) is 3. The lowest BCUT2D eigenvalue weighted by atomic mass is 9.86. The molecule has 0 aliphatic rings. The van der Waals surface area contributed by atoms with E-state index >= 15 is 0 Å². The first-order valence-electron chi connectivity index (χ1n) is 10.6. The van der Waals surface area contributed by atoms with Gasteiger partial charge < -0.3 is 9.47 Å². The first-order chi connectivity index (χ1) is 13.6. The summed E-state index contributed by atoms with van der Waals surface area (Å²) in [5, 5.41) is 0. The van der Waals surface area contributed by atoms with Crippen LogP contribution in [0.25, 0.3) is 0 Å². The average molecular weight is 383 g/mol. The van der Waals surface area contributed by atoms with E-state index in [1.807, 2.05) is 24.3 Å². The second-order valence-corrected chi connectivity index (χ2v) is 7.40. The fourth-order valence-corrected chi connectivity index (χ4v) is 3.60. The maximum absolute atomic E-state index is 11.1. The molecule has 2 aromatic rings. The molecule has 0 saturated heterocycles. The second kappa shape index (κ2) is 12.2.